The zero-order valence-corrected chi connectivity index (χ0v) is 13.6. The van der Waals surface area contributed by atoms with Gasteiger partial charge in [-0.15, -0.1) is 11.3 Å². The van der Waals surface area contributed by atoms with E-state index in [0.717, 1.165) is 12.8 Å². The van der Waals surface area contributed by atoms with Crippen molar-refractivity contribution in [3.63, 3.8) is 0 Å². The Balaban J connectivity index is 1.69. The number of aliphatic carboxylic acids is 1. The fourth-order valence-corrected chi connectivity index (χ4v) is 3.94. The number of rotatable bonds is 4. The second kappa shape index (κ2) is 6.95. The van der Waals surface area contributed by atoms with Crippen molar-refractivity contribution in [3.05, 3.63) is 33.6 Å². The lowest BCUT2D eigenvalue weighted by atomic mass is 10.00. The van der Waals surface area contributed by atoms with Crippen LogP contribution in [-0.4, -0.2) is 26.8 Å². The molecule has 0 saturated carbocycles. The Kier molecular flexibility index (Phi) is 4.76. The van der Waals surface area contributed by atoms with Crippen molar-refractivity contribution >= 4 is 29.0 Å². The van der Waals surface area contributed by atoms with Gasteiger partial charge in [0.2, 0.25) is 0 Å². The molecule has 0 fully saturated rings. The van der Waals surface area contributed by atoms with E-state index < -0.39 is 5.97 Å². The van der Waals surface area contributed by atoms with E-state index >= 15 is 0 Å². The highest BCUT2D eigenvalue weighted by Gasteiger charge is 2.16. The Morgan fingerprint density at radius 1 is 1.26 bits per heavy atom. The summed E-state index contributed by atoms with van der Waals surface area (Å²) < 4.78 is 1.28. The molecule has 2 heterocycles. The zero-order chi connectivity index (χ0) is 16.2. The van der Waals surface area contributed by atoms with Gasteiger partial charge in [0.1, 0.15) is 6.54 Å². The second-order valence-electron chi connectivity index (χ2n) is 5.72. The standard InChI is InChI=1S/C16H19N3O3S/c20-15(21)10-19-8-7-14(18-19)17-16(22)13-9-11-5-3-1-2-4-6-12(11)23-13/h7-9H,1-6,10H2,(H,20,21)(H,17,18,22). The molecule has 0 atom stereocenters. The number of hydrogen-bond acceptors (Lipinski definition) is 4. The first-order valence-electron chi connectivity index (χ1n) is 7.80. The maximum Gasteiger partial charge on any atom is 0.325 e. The topological polar surface area (TPSA) is 84.2 Å². The van der Waals surface area contributed by atoms with E-state index in [9.17, 15) is 9.59 Å². The monoisotopic (exact) mass is 333 g/mol. The molecule has 1 aliphatic rings. The number of nitrogens with one attached hydrogen (secondary N) is 1. The van der Waals surface area contributed by atoms with Crippen LogP contribution in [-0.2, 0) is 24.2 Å². The Morgan fingerprint density at radius 2 is 2.04 bits per heavy atom. The van der Waals surface area contributed by atoms with Crippen LogP contribution in [0.25, 0.3) is 0 Å². The number of thiophene rings is 1. The van der Waals surface area contributed by atoms with Gasteiger partial charge in [0, 0.05) is 17.1 Å². The minimum Gasteiger partial charge on any atom is -0.480 e. The molecule has 2 aromatic heterocycles. The molecule has 0 spiro atoms. The highest BCUT2D eigenvalue weighted by atomic mass is 32.1. The maximum atomic E-state index is 12.4. The van der Waals surface area contributed by atoms with Crippen LogP contribution in [0, 0.1) is 0 Å². The molecule has 7 heteroatoms. The Labute approximate surface area is 138 Å². The van der Waals surface area contributed by atoms with E-state index in [1.54, 1.807) is 17.4 Å². The van der Waals surface area contributed by atoms with Crippen LogP contribution in [0.2, 0.25) is 0 Å². The molecule has 3 rings (SSSR count). The molecular formula is C16H19N3O3S. The maximum absolute atomic E-state index is 12.4. The first-order chi connectivity index (χ1) is 11.1. The lowest BCUT2D eigenvalue weighted by Crippen LogP contribution is -2.13. The first-order valence-corrected chi connectivity index (χ1v) is 8.61. The van der Waals surface area contributed by atoms with Gasteiger partial charge in [-0.05, 0) is 37.3 Å². The molecule has 1 amide bonds. The lowest BCUT2D eigenvalue weighted by Gasteiger charge is -2.07. The number of carboxylic acids is 1. The highest BCUT2D eigenvalue weighted by Crippen LogP contribution is 2.28. The van der Waals surface area contributed by atoms with Crippen LogP contribution >= 0.6 is 11.3 Å². The number of aromatic nitrogens is 2. The smallest absolute Gasteiger partial charge is 0.325 e. The summed E-state index contributed by atoms with van der Waals surface area (Å²) in [7, 11) is 0. The molecular weight excluding hydrogens is 314 g/mol. The van der Waals surface area contributed by atoms with Gasteiger partial charge in [0.15, 0.2) is 5.82 Å². The SMILES string of the molecule is O=C(O)Cn1ccc(NC(=O)c2cc3c(s2)CCCCCC3)n1. The number of nitrogens with zero attached hydrogens (tertiary/aromatic N) is 2. The summed E-state index contributed by atoms with van der Waals surface area (Å²) in [6.07, 6.45) is 8.54. The predicted molar refractivity (Wildman–Crippen MR) is 88.0 cm³/mol. The van der Waals surface area contributed by atoms with E-state index in [1.807, 2.05) is 6.07 Å². The predicted octanol–water partition coefficient (Wildman–Crippen LogP) is 2.94. The van der Waals surface area contributed by atoms with Crippen LogP contribution in [0.15, 0.2) is 18.3 Å². The summed E-state index contributed by atoms with van der Waals surface area (Å²) in [4.78, 5) is 25.0. The number of amides is 1. The molecule has 2 aromatic rings. The lowest BCUT2D eigenvalue weighted by molar-refractivity contribution is -0.137. The third kappa shape index (κ3) is 3.98. The van der Waals surface area contributed by atoms with Gasteiger partial charge in [-0.1, -0.05) is 12.8 Å². The molecule has 2 N–H and O–H groups in total. The van der Waals surface area contributed by atoms with Crippen molar-refractivity contribution in [2.45, 2.75) is 45.1 Å². The number of anilines is 1. The third-order valence-corrected chi connectivity index (χ3v) is 5.14. The Morgan fingerprint density at radius 3 is 2.83 bits per heavy atom. The van der Waals surface area contributed by atoms with Crippen molar-refractivity contribution in [2.75, 3.05) is 5.32 Å². The Bertz CT molecular complexity index is 694. The van der Waals surface area contributed by atoms with Gasteiger partial charge in [-0.2, -0.15) is 5.10 Å². The normalized spacial score (nSPS) is 14.6. The van der Waals surface area contributed by atoms with Gasteiger partial charge in [-0.25, -0.2) is 0 Å². The number of carbonyl (C=O) groups is 2. The van der Waals surface area contributed by atoms with Gasteiger partial charge >= 0.3 is 5.97 Å². The fourth-order valence-electron chi connectivity index (χ4n) is 2.79. The minimum atomic E-state index is -0.968. The fraction of sp³-hybridized carbons (Fsp3) is 0.438. The average molecular weight is 333 g/mol. The molecule has 0 aliphatic heterocycles. The molecule has 0 aromatic carbocycles. The van der Waals surface area contributed by atoms with Gasteiger partial charge in [0.05, 0.1) is 4.88 Å². The van der Waals surface area contributed by atoms with Crippen LogP contribution in [0.4, 0.5) is 5.82 Å². The van der Waals surface area contributed by atoms with Crippen molar-refractivity contribution in [3.8, 4) is 0 Å². The second-order valence-corrected chi connectivity index (χ2v) is 6.86. The highest BCUT2D eigenvalue weighted by molar-refractivity contribution is 7.14. The van der Waals surface area contributed by atoms with Crippen LogP contribution < -0.4 is 5.32 Å². The van der Waals surface area contributed by atoms with Crippen molar-refractivity contribution in [1.29, 1.82) is 0 Å². The van der Waals surface area contributed by atoms with Gasteiger partial charge in [0.25, 0.3) is 5.91 Å². The summed E-state index contributed by atoms with van der Waals surface area (Å²) >= 11 is 1.56. The zero-order valence-electron chi connectivity index (χ0n) is 12.7. The van der Waals surface area contributed by atoms with Crippen molar-refractivity contribution in [1.82, 2.24) is 9.78 Å². The van der Waals surface area contributed by atoms with Crippen LogP contribution in [0.5, 0.6) is 0 Å². The molecule has 0 bridgehead atoms. The molecule has 0 radical (unpaired) electrons. The summed E-state index contributed by atoms with van der Waals surface area (Å²) in [5.74, 6) is -0.775. The van der Waals surface area contributed by atoms with E-state index in [0.29, 0.717) is 10.7 Å². The molecule has 23 heavy (non-hydrogen) atoms. The minimum absolute atomic E-state index is 0.178. The van der Waals surface area contributed by atoms with E-state index in [1.165, 1.54) is 47.0 Å². The van der Waals surface area contributed by atoms with E-state index in [4.69, 9.17) is 5.11 Å². The van der Waals surface area contributed by atoms with Crippen LogP contribution in [0.1, 0.15) is 45.8 Å². The third-order valence-electron chi connectivity index (χ3n) is 3.90. The van der Waals surface area contributed by atoms with E-state index in [2.05, 4.69) is 10.4 Å². The summed E-state index contributed by atoms with van der Waals surface area (Å²) in [5.41, 5.74) is 1.30. The van der Waals surface area contributed by atoms with Gasteiger partial charge < -0.3 is 10.4 Å². The number of carbonyl (C=O) groups excluding carboxylic acids is 1. The van der Waals surface area contributed by atoms with Gasteiger partial charge in [-0.3, -0.25) is 14.3 Å². The molecule has 0 unspecified atom stereocenters. The summed E-state index contributed by atoms with van der Waals surface area (Å²) in [6, 6.07) is 3.60. The largest absolute Gasteiger partial charge is 0.480 e. The quantitative estimate of drug-likeness (QED) is 0.901. The molecule has 122 valence electrons. The number of hydrogen-bond donors (Lipinski definition) is 2. The molecule has 0 saturated heterocycles. The number of carboxylic acid groups (broad SMARTS) is 1. The van der Waals surface area contributed by atoms with Crippen molar-refractivity contribution < 1.29 is 14.7 Å². The summed E-state index contributed by atoms with van der Waals surface area (Å²) in [5, 5.41) is 15.5. The Hall–Kier alpha value is -2.15. The first kappa shape index (κ1) is 15.7. The van der Waals surface area contributed by atoms with E-state index in [-0.39, 0.29) is 12.5 Å². The summed E-state index contributed by atoms with van der Waals surface area (Å²) in [6.45, 7) is -0.219. The van der Waals surface area contributed by atoms with Crippen LogP contribution in [0.3, 0.4) is 0 Å². The average Bonchev–Trinajstić information content (AvgIpc) is 3.05. The molecule has 6 nitrogen and oxygen atoms in total. The molecule has 1 aliphatic carbocycles. The number of fused-ring (bicyclic) bond motifs is 1. The van der Waals surface area contributed by atoms with Crippen molar-refractivity contribution in [2.24, 2.45) is 0 Å². The number of aryl methyl sites for hydroxylation is 2.